The minimum Gasteiger partial charge on any atom is -0.444 e. The molecule has 23 heavy (non-hydrogen) atoms. The van der Waals surface area contributed by atoms with Gasteiger partial charge in [-0.1, -0.05) is 42.5 Å². The topological polar surface area (TPSA) is 38.8 Å². The molecule has 0 saturated carbocycles. The lowest BCUT2D eigenvalue weighted by Gasteiger charge is -2.34. The van der Waals surface area contributed by atoms with Gasteiger partial charge in [-0.05, 0) is 46.6 Å². The SMILES string of the molecule is CC(C)(C)OC(=O)N1C(C/C=C\c2ccccc2)COC1(C)C. The zero-order chi connectivity index (χ0) is 17.1. The van der Waals surface area contributed by atoms with Gasteiger partial charge in [0.2, 0.25) is 0 Å². The summed E-state index contributed by atoms with van der Waals surface area (Å²) in [5.41, 5.74) is -0.0113. The molecule has 1 unspecified atom stereocenters. The summed E-state index contributed by atoms with van der Waals surface area (Å²) in [6.45, 7) is 9.94. The van der Waals surface area contributed by atoms with E-state index in [4.69, 9.17) is 9.47 Å². The maximum Gasteiger partial charge on any atom is 0.412 e. The van der Waals surface area contributed by atoms with Crippen molar-refractivity contribution in [2.24, 2.45) is 0 Å². The Hall–Kier alpha value is -1.81. The summed E-state index contributed by atoms with van der Waals surface area (Å²) in [6.07, 6.45) is 4.57. The van der Waals surface area contributed by atoms with Crippen molar-refractivity contribution in [2.75, 3.05) is 6.61 Å². The molecule has 0 N–H and O–H groups in total. The van der Waals surface area contributed by atoms with E-state index in [0.717, 1.165) is 12.0 Å². The third kappa shape index (κ3) is 4.83. The highest BCUT2D eigenvalue weighted by Gasteiger charge is 2.45. The Morgan fingerprint density at radius 1 is 1.35 bits per heavy atom. The average molecular weight is 317 g/mol. The molecule has 0 aromatic heterocycles. The first-order chi connectivity index (χ1) is 10.7. The van der Waals surface area contributed by atoms with Gasteiger partial charge in [-0.25, -0.2) is 4.79 Å². The maximum atomic E-state index is 12.5. The standard InChI is InChI=1S/C19H27NO3/c1-18(2,3)23-17(21)20-16(14-22-19(20,4)5)13-9-12-15-10-7-6-8-11-15/h6-12,16H,13-14H2,1-5H3/b12-9-. The minimum atomic E-state index is -0.645. The summed E-state index contributed by atoms with van der Waals surface area (Å²) in [4.78, 5) is 14.2. The number of carbonyl (C=O) groups is 1. The predicted octanol–water partition coefficient (Wildman–Crippen LogP) is 4.46. The van der Waals surface area contributed by atoms with Crippen LogP contribution in [-0.4, -0.2) is 35.0 Å². The van der Waals surface area contributed by atoms with E-state index in [1.165, 1.54) is 0 Å². The van der Waals surface area contributed by atoms with E-state index in [2.05, 4.69) is 24.3 Å². The second kappa shape index (κ2) is 6.75. The smallest absolute Gasteiger partial charge is 0.412 e. The first kappa shape index (κ1) is 17.5. The normalized spacial score (nSPS) is 20.9. The van der Waals surface area contributed by atoms with Crippen LogP contribution < -0.4 is 0 Å². The molecule has 0 bridgehead atoms. The average Bonchev–Trinajstić information content (AvgIpc) is 2.73. The molecule has 1 aromatic carbocycles. The maximum absolute atomic E-state index is 12.5. The Kier molecular flexibility index (Phi) is 5.15. The molecule has 4 nitrogen and oxygen atoms in total. The quantitative estimate of drug-likeness (QED) is 0.826. The van der Waals surface area contributed by atoms with Gasteiger partial charge < -0.3 is 9.47 Å². The van der Waals surface area contributed by atoms with Crippen LogP contribution in [0.5, 0.6) is 0 Å². The van der Waals surface area contributed by atoms with Gasteiger partial charge in [0, 0.05) is 0 Å². The van der Waals surface area contributed by atoms with Crippen molar-refractivity contribution in [1.82, 2.24) is 4.90 Å². The molecule has 0 spiro atoms. The van der Waals surface area contributed by atoms with Crippen LogP contribution in [0.25, 0.3) is 6.08 Å². The fourth-order valence-electron chi connectivity index (χ4n) is 2.66. The van der Waals surface area contributed by atoms with Crippen LogP contribution in [0.2, 0.25) is 0 Å². The Balaban J connectivity index is 2.05. The van der Waals surface area contributed by atoms with Crippen molar-refractivity contribution in [2.45, 2.75) is 58.4 Å². The molecule has 1 aromatic rings. The lowest BCUT2D eigenvalue weighted by molar-refractivity contribution is -0.0623. The predicted molar refractivity (Wildman–Crippen MR) is 92.0 cm³/mol. The molecule has 2 rings (SSSR count). The van der Waals surface area contributed by atoms with Crippen LogP contribution >= 0.6 is 0 Å². The van der Waals surface area contributed by atoms with E-state index in [1.54, 1.807) is 4.90 Å². The Bertz CT molecular complexity index is 558. The number of ether oxygens (including phenoxy) is 2. The van der Waals surface area contributed by atoms with Gasteiger partial charge in [0.25, 0.3) is 0 Å². The molecule has 0 aliphatic carbocycles. The second-order valence-electron chi connectivity index (χ2n) is 7.31. The second-order valence-corrected chi connectivity index (χ2v) is 7.31. The molecule has 4 heteroatoms. The van der Waals surface area contributed by atoms with E-state index >= 15 is 0 Å². The summed E-state index contributed by atoms with van der Waals surface area (Å²) < 4.78 is 11.3. The summed E-state index contributed by atoms with van der Waals surface area (Å²) in [7, 11) is 0. The zero-order valence-electron chi connectivity index (χ0n) is 14.7. The van der Waals surface area contributed by atoms with Gasteiger partial charge in [0.05, 0.1) is 12.6 Å². The molecule has 1 heterocycles. The van der Waals surface area contributed by atoms with Crippen LogP contribution in [-0.2, 0) is 9.47 Å². The molecule has 1 aliphatic heterocycles. The van der Waals surface area contributed by atoms with E-state index < -0.39 is 11.3 Å². The van der Waals surface area contributed by atoms with Gasteiger partial charge in [-0.15, -0.1) is 0 Å². The van der Waals surface area contributed by atoms with Crippen molar-refractivity contribution in [3.63, 3.8) is 0 Å². The first-order valence-corrected chi connectivity index (χ1v) is 8.07. The molecule has 126 valence electrons. The highest BCUT2D eigenvalue weighted by molar-refractivity contribution is 5.69. The van der Waals surface area contributed by atoms with Crippen molar-refractivity contribution in [3.05, 3.63) is 42.0 Å². The molecule has 1 aliphatic rings. The Morgan fingerprint density at radius 3 is 2.61 bits per heavy atom. The van der Waals surface area contributed by atoms with Gasteiger partial charge in [-0.2, -0.15) is 0 Å². The molecular formula is C19H27NO3. The number of carbonyl (C=O) groups excluding carboxylic acids is 1. The van der Waals surface area contributed by atoms with Crippen LogP contribution in [0.15, 0.2) is 36.4 Å². The highest BCUT2D eigenvalue weighted by Crippen LogP contribution is 2.31. The molecule has 0 radical (unpaired) electrons. The van der Waals surface area contributed by atoms with Crippen molar-refractivity contribution in [1.29, 1.82) is 0 Å². The van der Waals surface area contributed by atoms with Crippen LogP contribution in [0, 0.1) is 0 Å². The number of benzene rings is 1. The van der Waals surface area contributed by atoms with Crippen LogP contribution in [0.4, 0.5) is 4.79 Å². The lowest BCUT2D eigenvalue weighted by Crippen LogP contribution is -2.49. The molecule has 1 amide bonds. The van der Waals surface area contributed by atoms with E-state index in [0.29, 0.717) is 6.61 Å². The fourth-order valence-corrected chi connectivity index (χ4v) is 2.66. The third-order valence-electron chi connectivity index (χ3n) is 3.68. The number of hydrogen-bond donors (Lipinski definition) is 0. The van der Waals surface area contributed by atoms with E-state index in [9.17, 15) is 4.79 Å². The van der Waals surface area contributed by atoms with Gasteiger partial charge in [-0.3, -0.25) is 4.90 Å². The fraction of sp³-hybridized carbons (Fsp3) is 0.526. The summed E-state index contributed by atoms with van der Waals surface area (Å²) in [5, 5.41) is 0. The molecule has 1 saturated heterocycles. The zero-order valence-corrected chi connectivity index (χ0v) is 14.7. The highest BCUT2D eigenvalue weighted by atomic mass is 16.6. The molecule has 1 atom stereocenters. The van der Waals surface area contributed by atoms with Crippen molar-refractivity contribution >= 4 is 12.2 Å². The van der Waals surface area contributed by atoms with Gasteiger partial charge in [0.15, 0.2) is 0 Å². The molecular weight excluding hydrogens is 290 g/mol. The number of nitrogens with zero attached hydrogens (tertiary/aromatic N) is 1. The van der Waals surface area contributed by atoms with Crippen molar-refractivity contribution < 1.29 is 14.3 Å². The van der Waals surface area contributed by atoms with Gasteiger partial charge in [0.1, 0.15) is 11.3 Å². The summed E-state index contributed by atoms with van der Waals surface area (Å²) in [5.74, 6) is 0. The summed E-state index contributed by atoms with van der Waals surface area (Å²) >= 11 is 0. The number of rotatable bonds is 3. The largest absolute Gasteiger partial charge is 0.444 e. The van der Waals surface area contributed by atoms with E-state index in [-0.39, 0.29) is 12.1 Å². The molecule has 1 fully saturated rings. The Labute approximate surface area is 139 Å². The van der Waals surface area contributed by atoms with Crippen LogP contribution in [0.3, 0.4) is 0 Å². The first-order valence-electron chi connectivity index (χ1n) is 8.07. The monoisotopic (exact) mass is 317 g/mol. The minimum absolute atomic E-state index is 0.0141. The van der Waals surface area contributed by atoms with Crippen LogP contribution in [0.1, 0.15) is 46.6 Å². The van der Waals surface area contributed by atoms with Gasteiger partial charge >= 0.3 is 6.09 Å². The Morgan fingerprint density at radius 2 is 2.00 bits per heavy atom. The van der Waals surface area contributed by atoms with Crippen molar-refractivity contribution in [3.8, 4) is 0 Å². The lowest BCUT2D eigenvalue weighted by atomic mass is 10.1. The number of hydrogen-bond acceptors (Lipinski definition) is 3. The summed E-state index contributed by atoms with van der Waals surface area (Å²) in [6, 6.07) is 10.1. The van der Waals surface area contributed by atoms with E-state index in [1.807, 2.05) is 52.8 Å². The third-order valence-corrected chi connectivity index (χ3v) is 3.68. The number of amides is 1.